The van der Waals surface area contributed by atoms with E-state index in [1.807, 2.05) is 37.3 Å². The number of carbonyl (C=O) groups is 2. The first-order valence-electron chi connectivity index (χ1n) is 11.4. The van der Waals surface area contributed by atoms with Gasteiger partial charge >= 0.3 is 0 Å². The van der Waals surface area contributed by atoms with Crippen molar-refractivity contribution in [2.24, 2.45) is 23.2 Å². The molecule has 0 aromatic heterocycles. The SMILES string of the molecule is C=C(C)CC12C=CC(C1)C1C(=O)N(C3=CCC(=C(C)Cc4ccc(O)cc4)C=C3)C(=O)C12. The molecule has 1 aromatic carbocycles. The molecule has 1 N–H and O–H groups in total. The number of likely N-dealkylation sites (tertiary alicyclic amines) is 1. The van der Waals surface area contributed by atoms with E-state index in [-0.39, 0.29) is 40.7 Å². The molecular weight excluding hydrogens is 398 g/mol. The second-order valence-corrected chi connectivity index (χ2v) is 9.92. The molecule has 0 radical (unpaired) electrons. The summed E-state index contributed by atoms with van der Waals surface area (Å²) in [6.07, 6.45) is 13.4. The normalized spacial score (nSPS) is 31.9. The van der Waals surface area contributed by atoms with E-state index in [0.29, 0.717) is 12.1 Å². The molecule has 0 spiro atoms. The van der Waals surface area contributed by atoms with E-state index in [1.54, 1.807) is 12.1 Å². The minimum atomic E-state index is -0.260. The number of allylic oxidation sites excluding steroid dienone is 8. The molecule has 1 heterocycles. The van der Waals surface area contributed by atoms with Crippen LogP contribution in [0.15, 0.2) is 83.6 Å². The molecule has 1 saturated carbocycles. The number of hydrogen-bond acceptors (Lipinski definition) is 3. The van der Waals surface area contributed by atoms with Gasteiger partial charge < -0.3 is 5.11 Å². The molecule has 2 bridgehead atoms. The zero-order chi connectivity index (χ0) is 22.6. The Morgan fingerprint density at radius 2 is 1.91 bits per heavy atom. The van der Waals surface area contributed by atoms with Crippen LogP contribution in [-0.4, -0.2) is 21.8 Å². The average molecular weight is 428 g/mol. The maximum absolute atomic E-state index is 13.5. The summed E-state index contributed by atoms with van der Waals surface area (Å²) in [5.74, 6) is -0.141. The fourth-order valence-corrected chi connectivity index (χ4v) is 6.20. The van der Waals surface area contributed by atoms with E-state index in [4.69, 9.17) is 0 Å². The number of nitrogens with zero attached hydrogens (tertiary/aromatic N) is 1. The second kappa shape index (κ2) is 7.47. The van der Waals surface area contributed by atoms with Crippen molar-refractivity contribution < 1.29 is 14.7 Å². The lowest BCUT2D eigenvalue weighted by Crippen LogP contribution is -2.35. The maximum atomic E-state index is 13.5. The number of imide groups is 1. The largest absolute Gasteiger partial charge is 0.508 e. The van der Waals surface area contributed by atoms with Gasteiger partial charge in [0.25, 0.3) is 0 Å². The Balaban J connectivity index is 1.35. The maximum Gasteiger partial charge on any atom is 0.238 e. The quantitative estimate of drug-likeness (QED) is 0.517. The molecule has 4 aliphatic rings. The number of aromatic hydroxyl groups is 1. The number of fused-ring (bicyclic) bond motifs is 5. The Bertz CT molecular complexity index is 1130. The van der Waals surface area contributed by atoms with E-state index in [1.165, 1.54) is 16.0 Å². The fraction of sp³-hybridized carbons (Fsp3) is 0.357. The van der Waals surface area contributed by atoms with Crippen LogP contribution in [0.25, 0.3) is 0 Å². The highest BCUT2D eigenvalue weighted by Crippen LogP contribution is 2.62. The minimum absolute atomic E-state index is 0.0397. The Kier molecular flexibility index (Phi) is 4.85. The molecule has 4 heteroatoms. The van der Waals surface area contributed by atoms with Crippen LogP contribution >= 0.6 is 0 Å². The standard InChI is InChI=1S/C28H29NO3/c1-17(2)15-28-13-12-21(16-28)24-25(28)27(32)29(26(24)31)22-8-6-20(7-9-22)18(3)14-19-4-10-23(30)11-5-19/h4-6,8-13,21,24-25,30H,1,7,14-16H2,2-3H3. The molecule has 4 unspecified atom stereocenters. The van der Waals surface area contributed by atoms with Crippen molar-refractivity contribution in [3.05, 3.63) is 89.2 Å². The number of phenolic OH excluding ortho intramolecular Hbond substituents is 1. The molecule has 32 heavy (non-hydrogen) atoms. The van der Waals surface area contributed by atoms with Crippen LogP contribution in [0.5, 0.6) is 5.75 Å². The molecule has 4 nitrogen and oxygen atoms in total. The highest BCUT2D eigenvalue weighted by Gasteiger charge is 2.66. The molecule has 1 aromatic rings. The van der Waals surface area contributed by atoms with Gasteiger partial charge in [0.2, 0.25) is 11.8 Å². The van der Waals surface area contributed by atoms with Gasteiger partial charge in [-0.15, -0.1) is 6.58 Å². The lowest BCUT2D eigenvalue weighted by molar-refractivity contribution is -0.138. The highest BCUT2D eigenvalue weighted by atomic mass is 16.3. The summed E-state index contributed by atoms with van der Waals surface area (Å²) in [6.45, 7) is 8.18. The smallest absolute Gasteiger partial charge is 0.238 e. The molecule has 164 valence electrons. The van der Waals surface area contributed by atoms with E-state index >= 15 is 0 Å². The van der Waals surface area contributed by atoms with Crippen LogP contribution in [0, 0.1) is 23.2 Å². The number of phenols is 1. The number of carbonyl (C=O) groups excluding carboxylic acids is 2. The van der Waals surface area contributed by atoms with Crippen LogP contribution in [-0.2, 0) is 16.0 Å². The number of hydrogen-bond donors (Lipinski definition) is 1. The summed E-state index contributed by atoms with van der Waals surface area (Å²) in [7, 11) is 0. The third kappa shape index (κ3) is 3.21. The van der Waals surface area contributed by atoms with Crippen LogP contribution in [0.2, 0.25) is 0 Å². The molecule has 2 fully saturated rings. The van der Waals surface area contributed by atoms with Crippen LogP contribution in [0.1, 0.15) is 38.7 Å². The van der Waals surface area contributed by atoms with Gasteiger partial charge in [-0.05, 0) is 74.8 Å². The van der Waals surface area contributed by atoms with Crippen molar-refractivity contribution in [3.8, 4) is 5.75 Å². The van der Waals surface area contributed by atoms with Crippen molar-refractivity contribution in [1.29, 1.82) is 0 Å². The fourth-order valence-electron chi connectivity index (χ4n) is 6.20. The zero-order valence-corrected chi connectivity index (χ0v) is 18.7. The predicted molar refractivity (Wildman–Crippen MR) is 124 cm³/mol. The molecular formula is C28H29NO3. The zero-order valence-electron chi connectivity index (χ0n) is 18.7. The molecule has 4 atom stereocenters. The van der Waals surface area contributed by atoms with E-state index in [0.717, 1.165) is 30.4 Å². The summed E-state index contributed by atoms with van der Waals surface area (Å²) >= 11 is 0. The number of rotatable bonds is 5. The summed E-state index contributed by atoms with van der Waals surface area (Å²) in [6, 6.07) is 7.26. The van der Waals surface area contributed by atoms with Crippen LogP contribution in [0.4, 0.5) is 0 Å². The van der Waals surface area contributed by atoms with Gasteiger partial charge in [-0.3, -0.25) is 14.5 Å². The first-order valence-corrected chi connectivity index (χ1v) is 11.4. The Morgan fingerprint density at radius 3 is 2.56 bits per heavy atom. The Labute approximate surface area is 189 Å². The lowest BCUT2D eigenvalue weighted by atomic mass is 9.71. The van der Waals surface area contributed by atoms with Gasteiger partial charge in [0.1, 0.15) is 5.75 Å². The van der Waals surface area contributed by atoms with Crippen molar-refractivity contribution >= 4 is 11.8 Å². The molecule has 3 aliphatic carbocycles. The Hall–Kier alpha value is -3.14. The van der Waals surface area contributed by atoms with Gasteiger partial charge in [-0.2, -0.15) is 0 Å². The second-order valence-electron chi connectivity index (χ2n) is 9.92. The van der Waals surface area contributed by atoms with Crippen molar-refractivity contribution in [2.75, 3.05) is 0 Å². The monoisotopic (exact) mass is 427 g/mol. The summed E-state index contributed by atoms with van der Waals surface area (Å²) < 4.78 is 0. The lowest BCUT2D eigenvalue weighted by Gasteiger charge is -2.31. The first kappa shape index (κ1) is 20.7. The summed E-state index contributed by atoms with van der Waals surface area (Å²) in [5.41, 5.74) is 5.10. The first-order chi connectivity index (χ1) is 15.3. The Morgan fingerprint density at radius 1 is 1.16 bits per heavy atom. The van der Waals surface area contributed by atoms with Gasteiger partial charge in [0.15, 0.2) is 0 Å². The topological polar surface area (TPSA) is 57.6 Å². The van der Waals surface area contributed by atoms with Crippen molar-refractivity contribution in [2.45, 2.75) is 39.5 Å². The van der Waals surface area contributed by atoms with Gasteiger partial charge in [-0.25, -0.2) is 0 Å². The minimum Gasteiger partial charge on any atom is -0.508 e. The third-order valence-corrected chi connectivity index (χ3v) is 7.55. The predicted octanol–water partition coefficient (Wildman–Crippen LogP) is 5.24. The van der Waals surface area contributed by atoms with Gasteiger partial charge in [-0.1, -0.05) is 47.6 Å². The van der Waals surface area contributed by atoms with E-state index < -0.39 is 0 Å². The molecule has 5 rings (SSSR count). The number of amides is 2. The third-order valence-electron chi connectivity index (χ3n) is 7.55. The molecule has 1 aliphatic heterocycles. The van der Waals surface area contributed by atoms with Crippen molar-refractivity contribution in [3.63, 3.8) is 0 Å². The van der Waals surface area contributed by atoms with Crippen LogP contribution in [0.3, 0.4) is 0 Å². The average Bonchev–Trinajstić information content (AvgIpc) is 3.39. The summed E-state index contributed by atoms with van der Waals surface area (Å²) in [5, 5.41) is 9.47. The summed E-state index contributed by atoms with van der Waals surface area (Å²) in [4.78, 5) is 28.3. The van der Waals surface area contributed by atoms with Crippen LogP contribution < -0.4 is 0 Å². The van der Waals surface area contributed by atoms with E-state index in [9.17, 15) is 14.7 Å². The van der Waals surface area contributed by atoms with Crippen molar-refractivity contribution in [1.82, 2.24) is 4.90 Å². The van der Waals surface area contributed by atoms with E-state index in [2.05, 4.69) is 25.7 Å². The van der Waals surface area contributed by atoms with Gasteiger partial charge in [0.05, 0.1) is 11.8 Å². The molecule has 1 saturated heterocycles. The highest BCUT2D eigenvalue weighted by molar-refractivity contribution is 6.08. The number of benzene rings is 1. The van der Waals surface area contributed by atoms with Gasteiger partial charge in [0, 0.05) is 11.1 Å². The molecule has 2 amide bonds.